The molecule has 8 heteroatoms. The van der Waals surface area contributed by atoms with Crippen molar-refractivity contribution in [1.29, 1.82) is 0 Å². The van der Waals surface area contributed by atoms with Crippen LogP contribution in [0.15, 0.2) is 30.3 Å². The van der Waals surface area contributed by atoms with Gasteiger partial charge in [-0.2, -0.15) is 0 Å². The average Bonchev–Trinajstić information content (AvgIpc) is 2.91. The minimum absolute atomic E-state index is 0.0271. The number of hydrogen-bond acceptors (Lipinski definition) is 6. The first kappa shape index (κ1) is 19.3. The van der Waals surface area contributed by atoms with Crippen molar-refractivity contribution in [3.63, 3.8) is 0 Å². The predicted molar refractivity (Wildman–Crippen MR) is 105 cm³/mol. The Hall–Kier alpha value is -2.45. The molecule has 7 nitrogen and oxygen atoms in total. The third kappa shape index (κ3) is 4.64. The minimum atomic E-state index is -0.429. The van der Waals surface area contributed by atoms with Gasteiger partial charge in [-0.3, -0.25) is 19.8 Å². The van der Waals surface area contributed by atoms with Crippen LogP contribution in [0, 0.1) is 17.0 Å². The standard InChI is InChI=1S/C19H23N3O4S/c1-14-17(22(24)25)12-18(27-14)19(23)21-9-3-8-20(10-11-21)13-15-4-6-16(26-2)7-5-15/h4-7,12H,3,8-11,13H2,1-2H3. The molecule has 144 valence electrons. The van der Waals surface area contributed by atoms with Crippen LogP contribution in [0.4, 0.5) is 5.69 Å². The van der Waals surface area contributed by atoms with Crippen LogP contribution in [-0.4, -0.2) is 53.9 Å². The molecular formula is C19H23N3O4S. The van der Waals surface area contributed by atoms with Crippen LogP contribution in [0.3, 0.4) is 0 Å². The Morgan fingerprint density at radius 2 is 1.96 bits per heavy atom. The lowest BCUT2D eigenvalue weighted by atomic mass is 10.2. The van der Waals surface area contributed by atoms with E-state index < -0.39 is 4.92 Å². The maximum absolute atomic E-state index is 12.8. The predicted octanol–water partition coefficient (Wildman–Crippen LogP) is 3.32. The Bertz CT molecular complexity index is 819. The number of amides is 1. The van der Waals surface area contributed by atoms with Gasteiger partial charge in [-0.1, -0.05) is 12.1 Å². The maximum atomic E-state index is 12.8. The van der Waals surface area contributed by atoms with E-state index in [9.17, 15) is 14.9 Å². The number of nitro groups is 1. The number of carbonyl (C=O) groups is 1. The molecule has 1 aliphatic heterocycles. The number of carbonyl (C=O) groups excluding carboxylic acids is 1. The fourth-order valence-electron chi connectivity index (χ4n) is 3.24. The highest BCUT2D eigenvalue weighted by Gasteiger charge is 2.25. The van der Waals surface area contributed by atoms with E-state index >= 15 is 0 Å². The summed E-state index contributed by atoms with van der Waals surface area (Å²) >= 11 is 1.20. The van der Waals surface area contributed by atoms with Gasteiger partial charge in [0, 0.05) is 38.8 Å². The van der Waals surface area contributed by atoms with Crippen molar-refractivity contribution >= 4 is 22.9 Å². The molecule has 1 fully saturated rings. The summed E-state index contributed by atoms with van der Waals surface area (Å²) in [4.78, 5) is 28.5. The molecule has 0 radical (unpaired) electrons. The van der Waals surface area contributed by atoms with Crippen molar-refractivity contribution in [2.45, 2.75) is 19.9 Å². The van der Waals surface area contributed by atoms with Crippen LogP contribution in [-0.2, 0) is 6.54 Å². The molecule has 0 saturated carbocycles. The Kier molecular flexibility index (Phi) is 6.08. The Morgan fingerprint density at radius 1 is 1.22 bits per heavy atom. The normalized spacial score (nSPS) is 15.4. The van der Waals surface area contributed by atoms with Gasteiger partial charge in [0.2, 0.25) is 0 Å². The van der Waals surface area contributed by atoms with Gasteiger partial charge in [-0.15, -0.1) is 11.3 Å². The monoisotopic (exact) mass is 389 g/mol. The van der Waals surface area contributed by atoms with Crippen molar-refractivity contribution in [3.8, 4) is 5.75 Å². The lowest BCUT2D eigenvalue weighted by Crippen LogP contribution is -2.34. The van der Waals surface area contributed by atoms with Crippen LogP contribution in [0.25, 0.3) is 0 Å². The summed E-state index contributed by atoms with van der Waals surface area (Å²) in [6.45, 7) is 5.50. The molecule has 0 spiro atoms. The highest BCUT2D eigenvalue weighted by atomic mass is 32.1. The molecule has 1 aromatic heterocycles. The van der Waals surface area contributed by atoms with Crippen LogP contribution >= 0.6 is 11.3 Å². The summed E-state index contributed by atoms with van der Waals surface area (Å²) < 4.78 is 5.19. The van der Waals surface area contributed by atoms with Gasteiger partial charge in [0.05, 0.1) is 21.8 Å². The highest BCUT2D eigenvalue weighted by molar-refractivity contribution is 7.14. The number of rotatable bonds is 5. The number of hydrogen-bond donors (Lipinski definition) is 0. The molecule has 2 heterocycles. The lowest BCUT2D eigenvalue weighted by Gasteiger charge is -2.21. The van der Waals surface area contributed by atoms with E-state index in [0.717, 1.165) is 31.8 Å². The van der Waals surface area contributed by atoms with Gasteiger partial charge in [0.15, 0.2) is 0 Å². The van der Waals surface area contributed by atoms with E-state index in [4.69, 9.17) is 4.74 Å². The summed E-state index contributed by atoms with van der Waals surface area (Å²) in [5.41, 5.74) is 1.24. The fraction of sp³-hybridized carbons (Fsp3) is 0.421. The van der Waals surface area contributed by atoms with Crippen molar-refractivity contribution in [2.24, 2.45) is 0 Å². The van der Waals surface area contributed by atoms with E-state index in [1.807, 2.05) is 17.0 Å². The summed E-state index contributed by atoms with van der Waals surface area (Å²) in [7, 11) is 1.65. The molecule has 0 atom stereocenters. The number of ether oxygens (including phenoxy) is 1. The van der Waals surface area contributed by atoms with Crippen molar-refractivity contribution in [2.75, 3.05) is 33.3 Å². The lowest BCUT2D eigenvalue weighted by molar-refractivity contribution is -0.385. The second-order valence-corrected chi connectivity index (χ2v) is 7.84. The van der Waals surface area contributed by atoms with E-state index in [1.54, 1.807) is 14.0 Å². The summed E-state index contributed by atoms with van der Waals surface area (Å²) in [5, 5.41) is 11.0. The van der Waals surface area contributed by atoms with Crippen molar-refractivity contribution < 1.29 is 14.5 Å². The minimum Gasteiger partial charge on any atom is -0.497 e. The smallest absolute Gasteiger partial charge is 0.283 e. The quantitative estimate of drug-likeness (QED) is 0.579. The van der Waals surface area contributed by atoms with Crippen LogP contribution in [0.1, 0.15) is 26.5 Å². The van der Waals surface area contributed by atoms with Gasteiger partial charge in [-0.25, -0.2) is 0 Å². The molecule has 1 aliphatic rings. The Morgan fingerprint density at radius 3 is 2.59 bits per heavy atom. The highest BCUT2D eigenvalue weighted by Crippen LogP contribution is 2.29. The van der Waals surface area contributed by atoms with Crippen LogP contribution in [0.5, 0.6) is 5.75 Å². The molecule has 1 amide bonds. The van der Waals surface area contributed by atoms with Crippen molar-refractivity contribution in [3.05, 3.63) is 55.8 Å². The first-order chi connectivity index (χ1) is 13.0. The third-order valence-corrected chi connectivity index (χ3v) is 5.77. The fourth-order valence-corrected chi connectivity index (χ4v) is 4.19. The summed E-state index contributed by atoms with van der Waals surface area (Å²) in [6, 6.07) is 9.42. The number of benzene rings is 1. The molecular weight excluding hydrogens is 366 g/mol. The second kappa shape index (κ2) is 8.49. The van der Waals surface area contributed by atoms with Gasteiger partial charge < -0.3 is 9.64 Å². The van der Waals surface area contributed by atoms with Gasteiger partial charge >= 0.3 is 0 Å². The molecule has 0 bridgehead atoms. The molecule has 0 N–H and O–H groups in total. The SMILES string of the molecule is COc1ccc(CN2CCCN(C(=O)c3cc([N+](=O)[O-])c(C)s3)CC2)cc1. The number of nitrogens with zero attached hydrogens (tertiary/aromatic N) is 3. The van der Waals surface area contributed by atoms with E-state index in [-0.39, 0.29) is 11.6 Å². The van der Waals surface area contributed by atoms with Gasteiger partial charge in [0.1, 0.15) is 5.75 Å². The average molecular weight is 389 g/mol. The van der Waals surface area contributed by atoms with Gasteiger partial charge in [-0.05, 0) is 31.0 Å². The Labute approximate surface area is 162 Å². The zero-order chi connectivity index (χ0) is 19.4. The molecule has 0 unspecified atom stereocenters. The molecule has 0 aliphatic carbocycles. The molecule has 1 aromatic carbocycles. The summed E-state index contributed by atoms with van der Waals surface area (Å²) in [5.74, 6) is 0.731. The van der Waals surface area contributed by atoms with E-state index in [0.29, 0.717) is 22.8 Å². The van der Waals surface area contributed by atoms with Crippen LogP contribution < -0.4 is 4.74 Å². The topological polar surface area (TPSA) is 75.9 Å². The zero-order valence-corrected chi connectivity index (χ0v) is 16.3. The molecule has 2 aromatic rings. The number of methoxy groups -OCH3 is 1. The second-order valence-electron chi connectivity index (χ2n) is 6.58. The molecule has 1 saturated heterocycles. The molecule has 3 rings (SSSR count). The third-order valence-electron chi connectivity index (χ3n) is 4.74. The largest absolute Gasteiger partial charge is 0.497 e. The number of thiophene rings is 1. The Balaban J connectivity index is 1.61. The van der Waals surface area contributed by atoms with Crippen LogP contribution in [0.2, 0.25) is 0 Å². The van der Waals surface area contributed by atoms with E-state index in [1.165, 1.54) is 23.0 Å². The summed E-state index contributed by atoms with van der Waals surface area (Å²) in [6.07, 6.45) is 0.883. The molecule has 27 heavy (non-hydrogen) atoms. The first-order valence-electron chi connectivity index (χ1n) is 8.87. The zero-order valence-electron chi connectivity index (χ0n) is 15.5. The van der Waals surface area contributed by atoms with Gasteiger partial charge in [0.25, 0.3) is 11.6 Å². The maximum Gasteiger partial charge on any atom is 0.283 e. The van der Waals surface area contributed by atoms with Crippen molar-refractivity contribution in [1.82, 2.24) is 9.80 Å². The number of aryl methyl sites for hydroxylation is 1. The first-order valence-corrected chi connectivity index (χ1v) is 9.69. The van der Waals surface area contributed by atoms with E-state index in [2.05, 4.69) is 17.0 Å².